The summed E-state index contributed by atoms with van der Waals surface area (Å²) in [5, 5.41) is 22.1. The second kappa shape index (κ2) is 6.81. The van der Waals surface area contributed by atoms with Crippen molar-refractivity contribution >= 4 is 32.5 Å². The van der Waals surface area contributed by atoms with Gasteiger partial charge in [-0.15, -0.1) is 10.2 Å². The first-order valence-corrected chi connectivity index (χ1v) is 9.24. The van der Waals surface area contributed by atoms with Gasteiger partial charge >= 0.3 is 0 Å². The zero-order valence-electron chi connectivity index (χ0n) is 13.7. The summed E-state index contributed by atoms with van der Waals surface area (Å²) in [6.07, 6.45) is 3.81. The molecule has 0 aliphatic heterocycles. The van der Waals surface area contributed by atoms with Gasteiger partial charge in [0.2, 0.25) is 0 Å². The van der Waals surface area contributed by atoms with Crippen LogP contribution in [0.25, 0.3) is 22.0 Å². The molecule has 0 bridgehead atoms. The van der Waals surface area contributed by atoms with Gasteiger partial charge in [-0.2, -0.15) is 5.26 Å². The topological polar surface area (TPSA) is 61.6 Å². The lowest BCUT2D eigenvalue weighted by Crippen LogP contribution is -2.06. The van der Waals surface area contributed by atoms with E-state index in [0.29, 0.717) is 5.69 Å². The highest BCUT2D eigenvalue weighted by molar-refractivity contribution is 9.10. The Labute approximate surface area is 155 Å². The average Bonchev–Trinajstić information content (AvgIpc) is 3.46. The highest BCUT2D eigenvalue weighted by Crippen LogP contribution is 2.33. The molecule has 3 aromatic rings. The first-order chi connectivity index (χ1) is 12.2. The van der Waals surface area contributed by atoms with Crippen LogP contribution in [0.3, 0.4) is 0 Å². The molecular formula is C20H17BrN4. The normalized spacial score (nSPS) is 13.6. The van der Waals surface area contributed by atoms with Crippen molar-refractivity contribution in [2.45, 2.75) is 19.3 Å². The fourth-order valence-corrected chi connectivity index (χ4v) is 3.26. The number of fused-ring (bicyclic) bond motifs is 1. The van der Waals surface area contributed by atoms with E-state index in [1.165, 1.54) is 12.8 Å². The number of aromatic nitrogens is 2. The summed E-state index contributed by atoms with van der Waals surface area (Å²) in [6, 6.07) is 16.5. The number of anilines is 1. The molecule has 0 unspecified atom stereocenters. The van der Waals surface area contributed by atoms with Crippen molar-refractivity contribution in [2.75, 3.05) is 11.9 Å². The van der Waals surface area contributed by atoms with Gasteiger partial charge in [-0.3, -0.25) is 0 Å². The van der Waals surface area contributed by atoms with Crippen molar-refractivity contribution in [2.24, 2.45) is 5.92 Å². The molecule has 1 aliphatic rings. The van der Waals surface area contributed by atoms with Gasteiger partial charge in [-0.25, -0.2) is 0 Å². The summed E-state index contributed by atoms with van der Waals surface area (Å²) in [7, 11) is 0. The average molecular weight is 393 g/mol. The number of hydrogen-bond acceptors (Lipinski definition) is 4. The van der Waals surface area contributed by atoms with Gasteiger partial charge in [0.25, 0.3) is 0 Å². The standard InChI is InChI=1S/C20H17BrN4/c21-16-6-3-14(4-7-16)15-5-8-17-18(11-15)24-25-19(12-22)20(17)23-10-9-13-1-2-13/h3-8,11,13H,1-2,9-10H2,(H,23,24). The van der Waals surface area contributed by atoms with Crippen LogP contribution in [0.2, 0.25) is 0 Å². The van der Waals surface area contributed by atoms with Crippen LogP contribution in [0.15, 0.2) is 46.9 Å². The molecule has 0 atom stereocenters. The van der Waals surface area contributed by atoms with E-state index in [1.807, 2.05) is 24.3 Å². The van der Waals surface area contributed by atoms with Crippen LogP contribution in [-0.4, -0.2) is 16.7 Å². The number of nitriles is 1. The largest absolute Gasteiger partial charge is 0.382 e. The van der Waals surface area contributed by atoms with Crippen LogP contribution in [0.4, 0.5) is 5.69 Å². The SMILES string of the molecule is N#Cc1nnc2cc(-c3ccc(Br)cc3)ccc2c1NCCC1CC1. The Kier molecular flexibility index (Phi) is 4.37. The number of nitrogens with zero attached hydrogens (tertiary/aromatic N) is 3. The molecule has 5 heteroatoms. The predicted octanol–water partition coefficient (Wildman–Crippen LogP) is 5.14. The van der Waals surface area contributed by atoms with Crippen LogP contribution >= 0.6 is 15.9 Å². The fraction of sp³-hybridized carbons (Fsp3) is 0.250. The van der Waals surface area contributed by atoms with Gasteiger partial charge in [0, 0.05) is 16.4 Å². The van der Waals surface area contributed by atoms with Gasteiger partial charge in [-0.1, -0.05) is 47.0 Å². The summed E-state index contributed by atoms with van der Waals surface area (Å²) >= 11 is 3.46. The second-order valence-electron chi connectivity index (χ2n) is 6.43. The Morgan fingerprint density at radius 3 is 2.56 bits per heavy atom. The highest BCUT2D eigenvalue weighted by Gasteiger charge is 2.20. The quantitative estimate of drug-likeness (QED) is 0.652. The monoisotopic (exact) mass is 392 g/mol. The maximum atomic E-state index is 9.36. The highest BCUT2D eigenvalue weighted by atomic mass is 79.9. The van der Waals surface area contributed by atoms with Crippen molar-refractivity contribution in [3.8, 4) is 17.2 Å². The zero-order valence-corrected chi connectivity index (χ0v) is 15.3. The Hall–Kier alpha value is -2.45. The molecule has 1 N–H and O–H groups in total. The third-order valence-corrected chi connectivity index (χ3v) is 5.13. The molecule has 4 rings (SSSR count). The lowest BCUT2D eigenvalue weighted by molar-refractivity contribution is 0.760. The molecule has 1 aliphatic carbocycles. The minimum atomic E-state index is 0.361. The summed E-state index contributed by atoms with van der Waals surface area (Å²) in [5.74, 6) is 0.850. The van der Waals surface area contributed by atoms with E-state index in [1.54, 1.807) is 0 Å². The Balaban J connectivity index is 1.70. The Morgan fingerprint density at radius 2 is 1.84 bits per heavy atom. The molecule has 124 valence electrons. The smallest absolute Gasteiger partial charge is 0.186 e. The van der Waals surface area contributed by atoms with E-state index in [0.717, 1.165) is 51.1 Å². The fourth-order valence-electron chi connectivity index (χ4n) is 2.99. The van der Waals surface area contributed by atoms with Crippen LogP contribution in [0.1, 0.15) is 25.0 Å². The molecule has 1 aromatic heterocycles. The van der Waals surface area contributed by atoms with Crippen molar-refractivity contribution in [3.05, 3.63) is 52.6 Å². The van der Waals surface area contributed by atoms with Crippen molar-refractivity contribution in [1.29, 1.82) is 5.26 Å². The van der Waals surface area contributed by atoms with Gasteiger partial charge in [0.1, 0.15) is 6.07 Å². The van der Waals surface area contributed by atoms with Gasteiger partial charge in [0.05, 0.1) is 11.2 Å². The number of nitrogens with one attached hydrogen (secondary N) is 1. The van der Waals surface area contributed by atoms with E-state index >= 15 is 0 Å². The molecule has 25 heavy (non-hydrogen) atoms. The molecule has 1 heterocycles. The third kappa shape index (κ3) is 3.49. The second-order valence-corrected chi connectivity index (χ2v) is 7.35. The van der Waals surface area contributed by atoms with Crippen LogP contribution < -0.4 is 5.32 Å². The maximum Gasteiger partial charge on any atom is 0.186 e. The molecule has 0 saturated heterocycles. The van der Waals surface area contributed by atoms with E-state index < -0.39 is 0 Å². The van der Waals surface area contributed by atoms with E-state index in [4.69, 9.17) is 0 Å². The van der Waals surface area contributed by atoms with Crippen molar-refractivity contribution in [1.82, 2.24) is 10.2 Å². The number of rotatable bonds is 5. The third-order valence-electron chi connectivity index (χ3n) is 4.60. The summed E-state index contributed by atoms with van der Waals surface area (Å²) in [6.45, 7) is 0.870. The summed E-state index contributed by atoms with van der Waals surface area (Å²) in [5.41, 5.74) is 4.17. The molecule has 1 saturated carbocycles. The van der Waals surface area contributed by atoms with E-state index in [-0.39, 0.29) is 0 Å². The molecule has 0 spiro atoms. The van der Waals surface area contributed by atoms with Crippen LogP contribution in [0.5, 0.6) is 0 Å². The van der Waals surface area contributed by atoms with Gasteiger partial charge in [0.15, 0.2) is 5.69 Å². The minimum absolute atomic E-state index is 0.361. The molecule has 1 fully saturated rings. The molecule has 2 aromatic carbocycles. The van der Waals surface area contributed by atoms with E-state index in [9.17, 15) is 5.26 Å². The lowest BCUT2D eigenvalue weighted by Gasteiger charge is -2.11. The maximum absolute atomic E-state index is 9.36. The van der Waals surface area contributed by atoms with E-state index in [2.05, 4.69) is 55.7 Å². The molecule has 0 radical (unpaired) electrons. The zero-order chi connectivity index (χ0) is 17.2. The van der Waals surface area contributed by atoms with Gasteiger partial charge < -0.3 is 5.32 Å². The number of hydrogen-bond donors (Lipinski definition) is 1. The van der Waals surface area contributed by atoms with Crippen molar-refractivity contribution in [3.63, 3.8) is 0 Å². The molecule has 0 amide bonds. The predicted molar refractivity (Wildman–Crippen MR) is 103 cm³/mol. The number of halogens is 1. The Bertz CT molecular complexity index is 956. The molecule has 4 nitrogen and oxygen atoms in total. The summed E-state index contributed by atoms with van der Waals surface area (Å²) in [4.78, 5) is 0. The first-order valence-electron chi connectivity index (χ1n) is 8.45. The van der Waals surface area contributed by atoms with Crippen LogP contribution in [-0.2, 0) is 0 Å². The van der Waals surface area contributed by atoms with Crippen molar-refractivity contribution < 1.29 is 0 Å². The minimum Gasteiger partial charge on any atom is -0.382 e. The first kappa shape index (κ1) is 16.0. The number of benzene rings is 2. The summed E-state index contributed by atoms with van der Waals surface area (Å²) < 4.78 is 1.05. The molecular weight excluding hydrogens is 376 g/mol. The Morgan fingerprint density at radius 1 is 1.08 bits per heavy atom. The lowest BCUT2D eigenvalue weighted by atomic mass is 10.0. The van der Waals surface area contributed by atoms with Gasteiger partial charge in [-0.05, 0) is 47.7 Å². The van der Waals surface area contributed by atoms with Crippen LogP contribution in [0, 0.1) is 17.2 Å².